The van der Waals surface area contributed by atoms with E-state index in [4.69, 9.17) is 5.11 Å². The lowest BCUT2D eigenvalue weighted by molar-refractivity contribution is -0.143. The first-order valence-electron chi connectivity index (χ1n) is 6.81. The van der Waals surface area contributed by atoms with E-state index in [-0.39, 0.29) is 0 Å². The molecule has 0 radical (unpaired) electrons. The molecule has 2 amide bonds. The number of benzene rings is 1. The quantitative estimate of drug-likeness (QED) is 0.769. The lowest BCUT2D eigenvalue weighted by Crippen LogP contribution is -2.58. The second-order valence-corrected chi connectivity index (χ2v) is 5.42. The third-order valence-electron chi connectivity index (χ3n) is 3.50. The van der Waals surface area contributed by atoms with Crippen molar-refractivity contribution in [3.63, 3.8) is 0 Å². The van der Waals surface area contributed by atoms with Crippen molar-refractivity contribution in [1.82, 2.24) is 10.6 Å². The van der Waals surface area contributed by atoms with Crippen molar-refractivity contribution in [2.45, 2.75) is 38.3 Å². The largest absolute Gasteiger partial charge is 0.481 e. The van der Waals surface area contributed by atoms with Crippen molar-refractivity contribution in [2.24, 2.45) is 0 Å². The van der Waals surface area contributed by atoms with Crippen LogP contribution in [0.4, 0.5) is 0 Å². The monoisotopic (exact) mass is 290 g/mol. The van der Waals surface area contributed by atoms with Crippen LogP contribution in [0, 0.1) is 0 Å². The van der Waals surface area contributed by atoms with Crippen LogP contribution in [0.15, 0.2) is 24.3 Å². The highest BCUT2D eigenvalue weighted by molar-refractivity contribution is 5.99. The number of nitrogens with one attached hydrogen (secondary N) is 2. The van der Waals surface area contributed by atoms with Crippen LogP contribution in [-0.4, -0.2) is 28.9 Å². The van der Waals surface area contributed by atoms with Crippen LogP contribution in [0.25, 0.3) is 0 Å². The summed E-state index contributed by atoms with van der Waals surface area (Å²) in [5.41, 5.74) is 1.82. The zero-order valence-electron chi connectivity index (χ0n) is 11.9. The molecule has 1 aliphatic heterocycles. The van der Waals surface area contributed by atoms with Crippen LogP contribution in [-0.2, 0) is 14.4 Å². The highest BCUT2D eigenvalue weighted by Gasteiger charge is 2.35. The summed E-state index contributed by atoms with van der Waals surface area (Å²) in [6, 6.07) is 5.66. The zero-order chi connectivity index (χ0) is 15.6. The Bertz CT molecular complexity index is 566. The minimum atomic E-state index is -1.13. The Morgan fingerprint density at radius 2 is 1.76 bits per heavy atom. The Morgan fingerprint density at radius 1 is 1.14 bits per heavy atom. The molecule has 2 rings (SSSR count). The molecule has 1 aliphatic rings. The average Bonchev–Trinajstić information content (AvgIpc) is 2.42. The van der Waals surface area contributed by atoms with Gasteiger partial charge >= 0.3 is 5.97 Å². The Balaban J connectivity index is 2.13. The predicted octanol–water partition coefficient (Wildman–Crippen LogP) is 0.940. The van der Waals surface area contributed by atoms with Crippen LogP contribution >= 0.6 is 0 Å². The van der Waals surface area contributed by atoms with Crippen LogP contribution in [0.3, 0.4) is 0 Å². The highest BCUT2D eigenvalue weighted by atomic mass is 16.4. The second-order valence-electron chi connectivity index (χ2n) is 5.42. The van der Waals surface area contributed by atoms with Gasteiger partial charge in [0.25, 0.3) is 0 Å². The van der Waals surface area contributed by atoms with Crippen molar-refractivity contribution in [3.05, 3.63) is 35.4 Å². The third kappa shape index (κ3) is 3.39. The fraction of sp³-hybridized carbons (Fsp3) is 0.400. The fourth-order valence-corrected chi connectivity index (χ4v) is 2.26. The number of piperazine rings is 1. The minimum absolute atomic E-state index is 0.383. The second kappa shape index (κ2) is 5.95. The maximum atomic E-state index is 12.0. The molecule has 1 heterocycles. The van der Waals surface area contributed by atoms with Gasteiger partial charge in [-0.05, 0) is 17.0 Å². The van der Waals surface area contributed by atoms with Gasteiger partial charge in [0.05, 0.1) is 6.42 Å². The minimum Gasteiger partial charge on any atom is -0.481 e. The van der Waals surface area contributed by atoms with Gasteiger partial charge < -0.3 is 15.7 Å². The molecule has 21 heavy (non-hydrogen) atoms. The van der Waals surface area contributed by atoms with Gasteiger partial charge in [0, 0.05) is 0 Å². The summed E-state index contributed by atoms with van der Waals surface area (Å²) in [6.07, 6.45) is -0.420. The summed E-state index contributed by atoms with van der Waals surface area (Å²) in [5.74, 6) is -1.61. The molecule has 1 aromatic rings. The van der Waals surface area contributed by atoms with Gasteiger partial charge in [-0.15, -0.1) is 0 Å². The number of carboxylic acids is 1. The van der Waals surface area contributed by atoms with E-state index in [0.717, 1.165) is 5.56 Å². The number of amides is 2. The van der Waals surface area contributed by atoms with Crippen molar-refractivity contribution in [3.8, 4) is 0 Å². The van der Waals surface area contributed by atoms with Crippen LogP contribution in [0.2, 0.25) is 0 Å². The van der Waals surface area contributed by atoms with E-state index in [1.54, 1.807) is 12.1 Å². The predicted molar refractivity (Wildman–Crippen MR) is 75.6 cm³/mol. The molecule has 112 valence electrons. The molecular formula is C15H18N2O4. The molecule has 6 heteroatoms. The molecule has 1 unspecified atom stereocenters. The number of hydrogen-bond donors (Lipinski definition) is 3. The smallest absolute Gasteiger partial charge is 0.305 e. The van der Waals surface area contributed by atoms with E-state index in [0.29, 0.717) is 11.5 Å². The fourth-order valence-electron chi connectivity index (χ4n) is 2.26. The summed E-state index contributed by atoms with van der Waals surface area (Å²) in [4.78, 5) is 34.5. The molecule has 0 spiro atoms. The molecule has 0 saturated carbocycles. The topological polar surface area (TPSA) is 95.5 Å². The number of hydrogen-bond acceptors (Lipinski definition) is 3. The maximum absolute atomic E-state index is 12.0. The van der Waals surface area contributed by atoms with E-state index in [2.05, 4.69) is 24.5 Å². The molecular weight excluding hydrogens is 272 g/mol. The van der Waals surface area contributed by atoms with Crippen LogP contribution in [0.1, 0.15) is 43.4 Å². The molecule has 1 aromatic carbocycles. The van der Waals surface area contributed by atoms with Gasteiger partial charge in [-0.2, -0.15) is 0 Å². The lowest BCUT2D eigenvalue weighted by Gasteiger charge is -2.29. The first-order chi connectivity index (χ1) is 9.88. The van der Waals surface area contributed by atoms with Gasteiger partial charge in [-0.3, -0.25) is 14.4 Å². The van der Waals surface area contributed by atoms with Gasteiger partial charge in [0.15, 0.2) is 0 Å². The lowest BCUT2D eigenvalue weighted by atomic mass is 9.97. The Hall–Kier alpha value is -2.37. The van der Waals surface area contributed by atoms with Crippen molar-refractivity contribution in [2.75, 3.05) is 0 Å². The summed E-state index contributed by atoms with van der Waals surface area (Å²) in [6.45, 7) is 4.14. The number of carbonyl (C=O) groups is 3. The Kier molecular flexibility index (Phi) is 4.26. The Morgan fingerprint density at radius 3 is 2.29 bits per heavy atom. The number of carbonyl (C=O) groups excluding carboxylic acids is 2. The van der Waals surface area contributed by atoms with Gasteiger partial charge in [0.1, 0.15) is 12.1 Å². The van der Waals surface area contributed by atoms with Crippen LogP contribution < -0.4 is 10.6 Å². The highest BCUT2D eigenvalue weighted by Crippen LogP contribution is 2.21. The summed E-state index contributed by atoms with van der Waals surface area (Å²) in [5, 5.41) is 13.7. The van der Waals surface area contributed by atoms with E-state index >= 15 is 0 Å². The molecule has 0 aromatic heterocycles. The molecule has 6 nitrogen and oxygen atoms in total. The van der Waals surface area contributed by atoms with E-state index < -0.39 is 36.3 Å². The first kappa shape index (κ1) is 15.0. The SMILES string of the molecule is CC(C)c1ccc(C2NC(=O)[C@H](CC(=O)O)NC2=O)cc1. The van der Waals surface area contributed by atoms with Crippen molar-refractivity contribution < 1.29 is 19.5 Å². The summed E-state index contributed by atoms with van der Waals surface area (Å²) >= 11 is 0. The van der Waals surface area contributed by atoms with Crippen molar-refractivity contribution >= 4 is 17.8 Å². The van der Waals surface area contributed by atoms with Gasteiger partial charge in [-0.25, -0.2) is 0 Å². The van der Waals surface area contributed by atoms with Crippen molar-refractivity contribution in [1.29, 1.82) is 0 Å². The molecule has 0 bridgehead atoms. The molecule has 1 saturated heterocycles. The Labute approximate surface area is 122 Å². The third-order valence-corrected chi connectivity index (χ3v) is 3.50. The number of rotatable bonds is 4. The average molecular weight is 290 g/mol. The van der Waals surface area contributed by atoms with E-state index in [1.807, 2.05) is 12.1 Å². The summed E-state index contributed by atoms with van der Waals surface area (Å²) < 4.78 is 0. The van der Waals surface area contributed by atoms with Gasteiger partial charge in [0.2, 0.25) is 11.8 Å². The van der Waals surface area contributed by atoms with Crippen LogP contribution in [0.5, 0.6) is 0 Å². The molecule has 3 N–H and O–H groups in total. The molecule has 1 fully saturated rings. The van der Waals surface area contributed by atoms with Gasteiger partial charge in [-0.1, -0.05) is 38.1 Å². The molecule has 0 aliphatic carbocycles. The number of aliphatic carboxylic acids is 1. The van der Waals surface area contributed by atoms with E-state index in [9.17, 15) is 14.4 Å². The molecule has 2 atom stereocenters. The zero-order valence-corrected chi connectivity index (χ0v) is 11.9. The summed E-state index contributed by atoms with van der Waals surface area (Å²) in [7, 11) is 0. The maximum Gasteiger partial charge on any atom is 0.305 e. The van der Waals surface area contributed by atoms with E-state index in [1.165, 1.54) is 0 Å². The number of carboxylic acid groups (broad SMARTS) is 1. The first-order valence-corrected chi connectivity index (χ1v) is 6.81. The normalized spacial score (nSPS) is 21.9. The standard InChI is InChI=1S/C15H18N2O4/c1-8(2)9-3-5-10(6-4-9)13-15(21)16-11(7-12(18)19)14(20)17-13/h3-6,8,11,13H,7H2,1-2H3,(H,16,21)(H,17,20)(H,18,19)/t11-,13?/m0/s1.